The Balaban J connectivity index is 1.57. The summed E-state index contributed by atoms with van der Waals surface area (Å²) in [5.41, 5.74) is 0. The van der Waals surface area contributed by atoms with Crippen molar-refractivity contribution in [2.45, 2.75) is 56.6 Å². The van der Waals surface area contributed by atoms with Crippen LogP contribution >= 0.6 is 11.3 Å². The number of anilines is 1. The number of morpholine rings is 1. The molecule has 1 aromatic heterocycles. The summed E-state index contributed by atoms with van der Waals surface area (Å²) in [5.74, 6) is 0.722. The lowest BCUT2D eigenvalue weighted by Gasteiger charge is -2.43. The van der Waals surface area contributed by atoms with Crippen molar-refractivity contribution in [1.82, 2.24) is 10.2 Å². The third-order valence-electron chi connectivity index (χ3n) is 4.33. The number of aromatic nitrogens is 2. The van der Waals surface area contributed by atoms with Crippen LogP contribution in [0.3, 0.4) is 0 Å². The van der Waals surface area contributed by atoms with Crippen molar-refractivity contribution < 1.29 is 4.74 Å². The number of hydrogen-bond acceptors (Lipinski definition) is 5. The number of ether oxygens (including phenoxy) is 1. The quantitative estimate of drug-likeness (QED) is 0.823. The van der Waals surface area contributed by atoms with Crippen LogP contribution in [-0.4, -0.2) is 35.5 Å². The predicted octanol–water partition coefficient (Wildman–Crippen LogP) is 2.56. The molecule has 2 atom stereocenters. The molecule has 4 rings (SSSR count). The van der Waals surface area contributed by atoms with E-state index in [1.807, 2.05) is 11.3 Å². The molecule has 1 saturated heterocycles. The van der Waals surface area contributed by atoms with Crippen LogP contribution in [0.4, 0.5) is 5.13 Å². The van der Waals surface area contributed by atoms with Crippen LogP contribution < -0.4 is 4.90 Å². The molecule has 18 heavy (non-hydrogen) atoms. The average molecular weight is 265 g/mol. The van der Waals surface area contributed by atoms with Gasteiger partial charge in [-0.2, -0.15) is 0 Å². The van der Waals surface area contributed by atoms with Gasteiger partial charge >= 0.3 is 0 Å². The van der Waals surface area contributed by atoms with Gasteiger partial charge in [-0.15, -0.1) is 10.2 Å². The zero-order chi connectivity index (χ0) is 11.9. The van der Waals surface area contributed by atoms with Crippen LogP contribution in [0.25, 0.3) is 0 Å². The van der Waals surface area contributed by atoms with Gasteiger partial charge < -0.3 is 9.64 Å². The van der Waals surface area contributed by atoms with Gasteiger partial charge in [-0.3, -0.25) is 0 Å². The van der Waals surface area contributed by atoms with E-state index in [0.717, 1.165) is 24.2 Å². The Hall–Kier alpha value is -0.680. The van der Waals surface area contributed by atoms with Crippen molar-refractivity contribution in [1.29, 1.82) is 0 Å². The van der Waals surface area contributed by atoms with Crippen LogP contribution in [0, 0.1) is 0 Å². The fraction of sp³-hybridized carbons (Fsp3) is 0.846. The summed E-state index contributed by atoms with van der Waals surface area (Å²) in [6.45, 7) is 1.83. The van der Waals surface area contributed by atoms with Gasteiger partial charge in [0.2, 0.25) is 5.13 Å². The highest BCUT2D eigenvalue weighted by Gasteiger charge is 2.36. The van der Waals surface area contributed by atoms with E-state index in [1.165, 1.54) is 43.5 Å². The molecule has 0 radical (unpaired) electrons. The van der Waals surface area contributed by atoms with Gasteiger partial charge in [-0.1, -0.05) is 24.2 Å². The zero-order valence-corrected chi connectivity index (χ0v) is 11.4. The van der Waals surface area contributed by atoms with E-state index in [1.54, 1.807) is 0 Å². The lowest BCUT2D eigenvalue weighted by atomic mass is 9.90. The van der Waals surface area contributed by atoms with Gasteiger partial charge in [0, 0.05) is 12.5 Å². The molecule has 2 unspecified atom stereocenters. The summed E-state index contributed by atoms with van der Waals surface area (Å²) in [6.07, 6.45) is 8.17. The first-order valence-electron chi connectivity index (χ1n) is 7.13. The molecule has 0 N–H and O–H groups in total. The molecule has 3 fully saturated rings. The van der Waals surface area contributed by atoms with Crippen LogP contribution in [0.15, 0.2) is 0 Å². The SMILES string of the molecule is C1CCC2C(C1)OCCN2c1nnc(C2CC2)s1. The molecule has 0 bridgehead atoms. The van der Waals surface area contributed by atoms with Crippen molar-refractivity contribution in [2.24, 2.45) is 0 Å². The molecular weight excluding hydrogens is 246 g/mol. The number of fused-ring (bicyclic) bond motifs is 1. The molecule has 2 saturated carbocycles. The van der Waals surface area contributed by atoms with Gasteiger partial charge in [0.1, 0.15) is 5.01 Å². The van der Waals surface area contributed by atoms with E-state index in [2.05, 4.69) is 15.1 Å². The second-order valence-corrected chi connectivity index (χ2v) is 6.64. The third kappa shape index (κ3) is 1.93. The predicted molar refractivity (Wildman–Crippen MR) is 71.2 cm³/mol. The summed E-state index contributed by atoms with van der Waals surface area (Å²) in [4.78, 5) is 2.47. The lowest BCUT2D eigenvalue weighted by molar-refractivity contribution is -0.00873. The molecule has 0 aromatic carbocycles. The van der Waals surface area contributed by atoms with E-state index in [0.29, 0.717) is 12.1 Å². The third-order valence-corrected chi connectivity index (χ3v) is 5.46. The summed E-state index contributed by atoms with van der Waals surface area (Å²) < 4.78 is 5.91. The molecule has 1 aromatic rings. The second kappa shape index (κ2) is 4.46. The maximum atomic E-state index is 5.91. The van der Waals surface area contributed by atoms with Gasteiger partial charge in [0.05, 0.1) is 18.8 Å². The Morgan fingerprint density at radius 3 is 2.89 bits per heavy atom. The van der Waals surface area contributed by atoms with E-state index in [4.69, 9.17) is 4.74 Å². The Bertz CT molecular complexity index is 430. The van der Waals surface area contributed by atoms with Crippen LogP contribution in [0.1, 0.15) is 49.5 Å². The van der Waals surface area contributed by atoms with Crippen molar-refractivity contribution in [3.63, 3.8) is 0 Å². The van der Waals surface area contributed by atoms with E-state index in [-0.39, 0.29) is 0 Å². The van der Waals surface area contributed by atoms with Crippen molar-refractivity contribution >= 4 is 16.5 Å². The van der Waals surface area contributed by atoms with Gasteiger partial charge in [-0.25, -0.2) is 0 Å². The fourth-order valence-corrected chi connectivity index (χ4v) is 4.27. The van der Waals surface area contributed by atoms with Crippen molar-refractivity contribution in [3.8, 4) is 0 Å². The van der Waals surface area contributed by atoms with E-state index >= 15 is 0 Å². The van der Waals surface area contributed by atoms with Crippen LogP contribution in [-0.2, 0) is 4.74 Å². The maximum absolute atomic E-state index is 5.91. The van der Waals surface area contributed by atoms with Gasteiger partial charge in [-0.05, 0) is 25.7 Å². The molecule has 2 aliphatic carbocycles. The molecular formula is C13H19N3OS. The van der Waals surface area contributed by atoms with Crippen LogP contribution in [0.2, 0.25) is 0 Å². The molecule has 4 nitrogen and oxygen atoms in total. The van der Waals surface area contributed by atoms with E-state index in [9.17, 15) is 0 Å². The van der Waals surface area contributed by atoms with Crippen molar-refractivity contribution in [3.05, 3.63) is 5.01 Å². The molecule has 2 heterocycles. The highest BCUT2D eigenvalue weighted by Crippen LogP contribution is 2.43. The topological polar surface area (TPSA) is 38.2 Å². The average Bonchev–Trinajstić information content (AvgIpc) is 3.16. The largest absolute Gasteiger partial charge is 0.374 e. The Morgan fingerprint density at radius 2 is 2.00 bits per heavy atom. The molecule has 5 heteroatoms. The van der Waals surface area contributed by atoms with Gasteiger partial charge in [0.15, 0.2) is 0 Å². The first-order valence-corrected chi connectivity index (χ1v) is 7.95. The Labute approximate surface area is 111 Å². The number of rotatable bonds is 2. The molecule has 0 spiro atoms. The van der Waals surface area contributed by atoms with Gasteiger partial charge in [0.25, 0.3) is 0 Å². The minimum Gasteiger partial charge on any atom is -0.374 e. The highest BCUT2D eigenvalue weighted by molar-refractivity contribution is 7.15. The standard InChI is InChI=1S/C13H19N3OS/c1-2-4-11-10(3-1)16(7-8-17-11)13-15-14-12(18-13)9-5-6-9/h9-11H,1-8H2. The maximum Gasteiger partial charge on any atom is 0.208 e. The normalized spacial score (nSPS) is 32.3. The molecule has 0 amide bonds. The second-order valence-electron chi connectivity index (χ2n) is 5.65. The zero-order valence-electron chi connectivity index (χ0n) is 10.5. The molecule has 3 aliphatic rings. The fourth-order valence-electron chi connectivity index (χ4n) is 3.17. The number of hydrogen-bond donors (Lipinski definition) is 0. The summed E-state index contributed by atoms with van der Waals surface area (Å²) in [5, 5.41) is 11.2. The lowest BCUT2D eigenvalue weighted by Crippen LogP contribution is -2.52. The minimum absolute atomic E-state index is 0.431. The summed E-state index contributed by atoms with van der Waals surface area (Å²) >= 11 is 1.81. The minimum atomic E-state index is 0.431. The molecule has 1 aliphatic heterocycles. The van der Waals surface area contributed by atoms with E-state index < -0.39 is 0 Å². The summed E-state index contributed by atoms with van der Waals surface area (Å²) in [6, 6.07) is 0.549. The van der Waals surface area contributed by atoms with Crippen molar-refractivity contribution in [2.75, 3.05) is 18.1 Å². The monoisotopic (exact) mass is 265 g/mol. The highest BCUT2D eigenvalue weighted by atomic mass is 32.1. The first kappa shape index (κ1) is 11.2. The van der Waals surface area contributed by atoms with Crippen LogP contribution in [0.5, 0.6) is 0 Å². The number of nitrogens with zero attached hydrogens (tertiary/aromatic N) is 3. The Kier molecular flexibility index (Phi) is 2.77. The molecule has 98 valence electrons. The first-order chi connectivity index (χ1) is 8.92. The Morgan fingerprint density at radius 1 is 1.11 bits per heavy atom. The smallest absolute Gasteiger partial charge is 0.208 e. The summed E-state index contributed by atoms with van der Waals surface area (Å²) in [7, 11) is 0.